The molecule has 1 aromatic heterocycles. The summed E-state index contributed by atoms with van der Waals surface area (Å²) in [6, 6.07) is 8.72. The van der Waals surface area contributed by atoms with Crippen LogP contribution in [0, 0.1) is 12.3 Å². The Hall–Kier alpha value is -2.25. The molecule has 4 rings (SSSR count). The topological polar surface area (TPSA) is 61.1 Å². The smallest absolute Gasteiger partial charge is 0.310 e. The molecule has 160 valence electrons. The summed E-state index contributed by atoms with van der Waals surface area (Å²) in [7, 11) is 0. The minimum Gasteiger partial charge on any atom is -0.481 e. The van der Waals surface area contributed by atoms with Crippen LogP contribution in [0.2, 0.25) is 0 Å². The Bertz CT molecular complexity index is 987. The Morgan fingerprint density at radius 2 is 1.93 bits per heavy atom. The highest BCUT2D eigenvalue weighted by Gasteiger charge is 2.32. The molecule has 30 heavy (non-hydrogen) atoms. The molecular weight excluding hydrogens is 396 g/mol. The van der Waals surface area contributed by atoms with Gasteiger partial charge in [-0.05, 0) is 44.7 Å². The molecule has 0 radical (unpaired) electrons. The number of aryl methyl sites for hydroxylation is 1. The van der Waals surface area contributed by atoms with Crippen molar-refractivity contribution in [1.82, 2.24) is 14.4 Å². The average Bonchev–Trinajstić information content (AvgIpc) is 3.04. The fraction of sp³-hybridized carbons (Fsp3) is 0.478. The SMILES string of the molecule is CSc1cc2n(c1)Cc1cc(C)ccc1N=C2N1CCN(CC(C)(C)C(=O)O)CC1. The molecule has 2 aliphatic heterocycles. The van der Waals surface area contributed by atoms with Gasteiger partial charge in [-0.1, -0.05) is 17.7 Å². The number of carboxylic acid groups (broad SMARTS) is 1. The Morgan fingerprint density at radius 1 is 1.20 bits per heavy atom. The van der Waals surface area contributed by atoms with Crippen LogP contribution in [0.15, 0.2) is 40.4 Å². The molecular formula is C23H30N4O2S. The van der Waals surface area contributed by atoms with Gasteiger partial charge in [0.25, 0.3) is 0 Å². The number of thioether (sulfide) groups is 1. The summed E-state index contributed by atoms with van der Waals surface area (Å²) in [6.07, 6.45) is 4.33. The van der Waals surface area contributed by atoms with Crippen LogP contribution in [-0.4, -0.2) is 70.3 Å². The van der Waals surface area contributed by atoms with Crippen LogP contribution in [0.3, 0.4) is 0 Å². The van der Waals surface area contributed by atoms with Crippen molar-refractivity contribution in [1.29, 1.82) is 0 Å². The summed E-state index contributed by atoms with van der Waals surface area (Å²) < 4.78 is 2.32. The van der Waals surface area contributed by atoms with Gasteiger partial charge in [0.2, 0.25) is 0 Å². The van der Waals surface area contributed by atoms with Crippen LogP contribution in [0.25, 0.3) is 0 Å². The van der Waals surface area contributed by atoms with Crippen LogP contribution in [0.4, 0.5) is 5.69 Å². The van der Waals surface area contributed by atoms with E-state index in [0.29, 0.717) is 6.54 Å². The molecule has 0 unspecified atom stereocenters. The van der Waals surface area contributed by atoms with E-state index in [1.165, 1.54) is 16.0 Å². The van der Waals surface area contributed by atoms with Crippen molar-refractivity contribution in [2.24, 2.45) is 10.4 Å². The number of hydrogen-bond donors (Lipinski definition) is 1. The Kier molecular flexibility index (Phi) is 5.68. The summed E-state index contributed by atoms with van der Waals surface area (Å²) in [4.78, 5) is 22.5. The van der Waals surface area contributed by atoms with Gasteiger partial charge < -0.3 is 14.6 Å². The maximum atomic E-state index is 11.5. The second-order valence-corrected chi connectivity index (χ2v) is 9.79. The largest absolute Gasteiger partial charge is 0.481 e. The summed E-state index contributed by atoms with van der Waals surface area (Å²) >= 11 is 1.75. The number of benzene rings is 1. The first-order chi connectivity index (χ1) is 14.3. The third-order valence-corrected chi connectivity index (χ3v) is 6.70. The van der Waals surface area contributed by atoms with Crippen LogP contribution in [0.5, 0.6) is 0 Å². The number of carbonyl (C=O) groups is 1. The lowest BCUT2D eigenvalue weighted by atomic mass is 9.93. The van der Waals surface area contributed by atoms with E-state index >= 15 is 0 Å². The summed E-state index contributed by atoms with van der Waals surface area (Å²) in [5.74, 6) is 0.280. The van der Waals surface area contributed by atoms with Gasteiger partial charge in [-0.2, -0.15) is 0 Å². The second-order valence-electron chi connectivity index (χ2n) is 8.91. The van der Waals surface area contributed by atoms with E-state index in [1.807, 2.05) is 0 Å². The standard InChI is InChI=1S/C23H30N4O2S/c1-16-5-6-19-17(11-16)13-27-14-18(30-4)12-20(27)21(24-19)26-9-7-25(8-10-26)15-23(2,3)22(28)29/h5-6,11-12,14H,7-10,13,15H2,1-4H3,(H,28,29). The minimum atomic E-state index is -0.743. The molecule has 0 spiro atoms. The van der Waals surface area contributed by atoms with Crippen LogP contribution >= 0.6 is 11.8 Å². The molecule has 1 fully saturated rings. The molecule has 0 bridgehead atoms. The van der Waals surface area contributed by atoms with E-state index in [0.717, 1.165) is 49.9 Å². The molecule has 3 heterocycles. The first-order valence-electron chi connectivity index (χ1n) is 10.4. The third kappa shape index (κ3) is 4.14. The number of aliphatic carboxylic acids is 1. The third-order valence-electron chi connectivity index (χ3n) is 6.01. The van der Waals surface area contributed by atoms with E-state index in [9.17, 15) is 9.90 Å². The molecule has 0 saturated carbocycles. The zero-order valence-corrected chi connectivity index (χ0v) is 19.0. The van der Waals surface area contributed by atoms with Crippen molar-refractivity contribution in [2.45, 2.75) is 32.2 Å². The molecule has 0 aliphatic carbocycles. The zero-order chi connectivity index (χ0) is 21.5. The highest BCUT2D eigenvalue weighted by atomic mass is 32.2. The number of amidine groups is 1. The van der Waals surface area contributed by atoms with Gasteiger partial charge in [0.1, 0.15) is 0 Å². The number of fused-ring (bicyclic) bond motifs is 2. The highest BCUT2D eigenvalue weighted by molar-refractivity contribution is 7.98. The summed E-state index contributed by atoms with van der Waals surface area (Å²) in [6.45, 7) is 10.5. The van der Waals surface area contributed by atoms with E-state index in [1.54, 1.807) is 25.6 Å². The van der Waals surface area contributed by atoms with E-state index in [-0.39, 0.29) is 0 Å². The number of nitrogens with zero attached hydrogens (tertiary/aromatic N) is 4. The molecule has 2 aliphatic rings. The summed E-state index contributed by atoms with van der Waals surface area (Å²) in [5.41, 5.74) is 3.96. The molecule has 1 saturated heterocycles. The summed E-state index contributed by atoms with van der Waals surface area (Å²) in [5, 5.41) is 9.45. The fourth-order valence-corrected chi connectivity index (χ4v) is 4.66. The van der Waals surface area contributed by atoms with E-state index in [4.69, 9.17) is 4.99 Å². The van der Waals surface area contributed by atoms with Crippen molar-refractivity contribution in [3.8, 4) is 0 Å². The van der Waals surface area contributed by atoms with Crippen molar-refractivity contribution < 1.29 is 9.90 Å². The number of rotatable bonds is 4. The van der Waals surface area contributed by atoms with Gasteiger partial charge in [0.15, 0.2) is 5.84 Å². The van der Waals surface area contributed by atoms with Crippen molar-refractivity contribution in [3.05, 3.63) is 47.3 Å². The van der Waals surface area contributed by atoms with Gasteiger partial charge in [-0.15, -0.1) is 11.8 Å². The lowest BCUT2D eigenvalue weighted by molar-refractivity contribution is -0.148. The molecule has 0 atom stereocenters. The lowest BCUT2D eigenvalue weighted by Crippen LogP contribution is -2.52. The Balaban J connectivity index is 1.60. The van der Waals surface area contributed by atoms with Crippen LogP contribution in [0.1, 0.15) is 30.7 Å². The quantitative estimate of drug-likeness (QED) is 0.756. The highest BCUT2D eigenvalue weighted by Crippen LogP contribution is 2.30. The molecule has 1 N–H and O–H groups in total. The normalized spacial score (nSPS) is 17.2. The van der Waals surface area contributed by atoms with Gasteiger partial charge in [0, 0.05) is 50.4 Å². The maximum Gasteiger partial charge on any atom is 0.310 e. The Labute approximate surface area is 182 Å². The number of aromatic nitrogens is 1. The maximum absolute atomic E-state index is 11.5. The van der Waals surface area contributed by atoms with Gasteiger partial charge >= 0.3 is 5.97 Å². The first kappa shape index (κ1) is 21.0. The molecule has 2 aromatic rings. The van der Waals surface area contributed by atoms with Gasteiger partial charge in [-0.25, -0.2) is 4.99 Å². The number of piperazine rings is 1. The minimum absolute atomic E-state index is 0.567. The Morgan fingerprint density at radius 3 is 2.60 bits per heavy atom. The van der Waals surface area contributed by atoms with Crippen molar-refractivity contribution >= 4 is 29.3 Å². The molecule has 1 aromatic carbocycles. The number of hydrogen-bond acceptors (Lipinski definition) is 5. The average molecular weight is 427 g/mol. The molecule has 6 nitrogen and oxygen atoms in total. The van der Waals surface area contributed by atoms with E-state index < -0.39 is 11.4 Å². The second kappa shape index (κ2) is 8.12. The number of aliphatic imine (C=N–C) groups is 1. The predicted octanol–water partition coefficient (Wildman–Crippen LogP) is 3.69. The predicted molar refractivity (Wildman–Crippen MR) is 122 cm³/mol. The van der Waals surface area contributed by atoms with Gasteiger partial charge in [0.05, 0.1) is 16.8 Å². The number of carboxylic acids is 1. The van der Waals surface area contributed by atoms with Crippen LogP contribution < -0.4 is 0 Å². The van der Waals surface area contributed by atoms with Crippen molar-refractivity contribution in [3.63, 3.8) is 0 Å². The zero-order valence-electron chi connectivity index (χ0n) is 18.2. The van der Waals surface area contributed by atoms with Crippen LogP contribution in [-0.2, 0) is 11.3 Å². The van der Waals surface area contributed by atoms with Crippen molar-refractivity contribution in [2.75, 3.05) is 39.0 Å². The first-order valence-corrected chi connectivity index (χ1v) is 11.6. The monoisotopic (exact) mass is 426 g/mol. The van der Waals surface area contributed by atoms with Gasteiger partial charge in [-0.3, -0.25) is 9.69 Å². The molecule has 0 amide bonds. The van der Waals surface area contributed by atoms with E-state index in [2.05, 4.69) is 58.0 Å². The lowest BCUT2D eigenvalue weighted by Gasteiger charge is -2.38. The fourth-order valence-electron chi connectivity index (χ4n) is 4.20. The molecule has 7 heteroatoms.